The quantitative estimate of drug-likeness (QED) is 0.0215. The molecule has 1 aliphatic heterocycles. The summed E-state index contributed by atoms with van der Waals surface area (Å²) in [5.41, 5.74) is 0.575. The molecule has 6 N–H and O–H groups in total. The van der Waals surface area contributed by atoms with Gasteiger partial charge in [0.25, 0.3) is 0 Å². The summed E-state index contributed by atoms with van der Waals surface area (Å²) in [6.45, 7) is 4.77. The Balaban J connectivity index is 2.60. The molecule has 0 aromatic rings. The van der Waals surface area contributed by atoms with Crippen molar-refractivity contribution < 1.29 is 63.6 Å². The van der Waals surface area contributed by atoms with Crippen LogP contribution in [0.1, 0.15) is 117 Å². The van der Waals surface area contributed by atoms with Gasteiger partial charge in [0.1, 0.15) is 31.0 Å². The first-order valence-electron chi connectivity index (χ1n) is 18.4. The van der Waals surface area contributed by atoms with Gasteiger partial charge in [0, 0.05) is 7.11 Å². The van der Waals surface area contributed by atoms with Gasteiger partial charge in [0.15, 0.2) is 6.29 Å². The Morgan fingerprint density at radius 3 is 2.08 bits per heavy atom. The predicted molar refractivity (Wildman–Crippen MR) is 185 cm³/mol. The van der Waals surface area contributed by atoms with Crippen molar-refractivity contribution in [1.82, 2.24) is 5.32 Å². The first kappa shape index (κ1) is 45.9. The van der Waals surface area contributed by atoms with E-state index in [1.54, 1.807) is 14.0 Å². The maximum Gasteiger partial charge on any atom is 0.410 e. The molecule has 1 fully saturated rings. The van der Waals surface area contributed by atoms with Crippen LogP contribution in [0.5, 0.6) is 0 Å². The molecule has 1 heterocycles. The number of hydrogen-bond donors (Lipinski definition) is 6. The van der Waals surface area contributed by atoms with Gasteiger partial charge in [-0.3, -0.25) is 4.79 Å². The molecule has 1 amide bonds. The van der Waals surface area contributed by atoms with Crippen LogP contribution in [0, 0.1) is 5.92 Å². The molecule has 1 saturated heterocycles. The normalized spacial score (nSPS) is 22.8. The molecule has 0 spiro atoms. The van der Waals surface area contributed by atoms with E-state index in [1.165, 1.54) is 57.8 Å². The van der Waals surface area contributed by atoms with E-state index in [-0.39, 0.29) is 32.0 Å². The van der Waals surface area contributed by atoms with E-state index >= 15 is 0 Å². The van der Waals surface area contributed by atoms with Gasteiger partial charge in [-0.1, -0.05) is 96.1 Å². The molecular formula is C35H66N2O13. The van der Waals surface area contributed by atoms with Crippen LogP contribution in [0.4, 0.5) is 4.79 Å². The second-order valence-electron chi connectivity index (χ2n) is 13.1. The van der Waals surface area contributed by atoms with E-state index in [9.17, 15) is 35.1 Å². The summed E-state index contributed by atoms with van der Waals surface area (Å²) >= 11 is 0. The fraction of sp³-hybridized carbons (Fsp3) is 0.914. The average molecular weight is 723 g/mol. The van der Waals surface area contributed by atoms with Crippen LogP contribution in [0.25, 0.3) is 0 Å². The minimum absolute atomic E-state index is 0.0150. The molecule has 15 heteroatoms. The van der Waals surface area contributed by atoms with E-state index in [0.29, 0.717) is 18.7 Å². The zero-order valence-electron chi connectivity index (χ0n) is 30.7. The van der Waals surface area contributed by atoms with Crippen LogP contribution >= 0.6 is 0 Å². The van der Waals surface area contributed by atoms with Gasteiger partial charge in [-0.05, 0) is 25.7 Å². The Morgan fingerprint density at radius 2 is 1.48 bits per heavy atom. The summed E-state index contributed by atoms with van der Waals surface area (Å²) in [7, 11) is 1.54. The van der Waals surface area contributed by atoms with Crippen molar-refractivity contribution in [2.45, 2.75) is 160 Å². The lowest BCUT2D eigenvalue weighted by Gasteiger charge is -2.40. The first-order chi connectivity index (χ1) is 24.0. The van der Waals surface area contributed by atoms with Crippen molar-refractivity contribution in [3.63, 3.8) is 0 Å². The monoisotopic (exact) mass is 722 g/mol. The molecule has 0 aromatic heterocycles. The number of carbonyl (C=O) groups excluding carboxylic acids is 2. The number of amides is 1. The Hall–Kier alpha value is -2.11. The van der Waals surface area contributed by atoms with Crippen LogP contribution in [0.15, 0.2) is 5.16 Å². The number of ether oxygens (including phenoxy) is 5. The highest BCUT2D eigenvalue weighted by Crippen LogP contribution is 2.23. The van der Waals surface area contributed by atoms with Crippen LogP contribution in [-0.2, 0) is 33.3 Å². The summed E-state index contributed by atoms with van der Waals surface area (Å²) in [6.07, 6.45) is 5.88. The Bertz CT molecular complexity index is 910. The standard InChI is InChI=1S/C35H66N2O13/c1-5-6-7-8-9-10-11-12-13-14-15-16-17-25(2)30(40)27(23-46-34-33(43)32(42)31(41)28(22-38)50-34)36-35(44)48-24-47-29(39)19-18-26(3)37-49-21-20-45-4/h25,27-28,30-34,38,40-43H,5-24H2,1-4H3,(H,36,44)/b37-26+/t25-,27+,28?,30-,31+,32+,33?,34+/m1/s1. The summed E-state index contributed by atoms with van der Waals surface area (Å²) in [5, 5.41) is 57.6. The van der Waals surface area contributed by atoms with E-state index in [2.05, 4.69) is 17.4 Å². The third kappa shape index (κ3) is 20.1. The average Bonchev–Trinajstić information content (AvgIpc) is 3.10. The van der Waals surface area contributed by atoms with Gasteiger partial charge in [0.2, 0.25) is 6.79 Å². The number of alkyl carbamates (subject to hydrolysis) is 1. The minimum Gasteiger partial charge on any atom is -0.428 e. The maximum absolute atomic E-state index is 12.7. The number of aliphatic hydroxyl groups is 5. The van der Waals surface area contributed by atoms with Crippen LogP contribution in [-0.4, -0.2) is 126 Å². The molecule has 0 bridgehead atoms. The molecule has 2 unspecified atom stereocenters. The molecule has 294 valence electrons. The SMILES string of the molecule is CCCCCCCCCCCCCC[C@@H](C)[C@@H](O)[C@H](CO[C@H]1OC(CO)[C@H](O)[C@H](O)C1O)NC(=O)OCOC(=O)CC/C(C)=N/OCCOC. The zero-order valence-corrected chi connectivity index (χ0v) is 30.7. The van der Waals surface area contributed by atoms with Gasteiger partial charge in [0.05, 0.1) is 44.1 Å². The fourth-order valence-corrected chi connectivity index (χ4v) is 5.52. The number of rotatable bonds is 29. The molecule has 15 nitrogen and oxygen atoms in total. The highest BCUT2D eigenvalue weighted by Gasteiger charge is 2.44. The summed E-state index contributed by atoms with van der Waals surface area (Å²) in [5.74, 6) is -0.883. The molecule has 1 aliphatic rings. The van der Waals surface area contributed by atoms with Crippen molar-refractivity contribution in [3.05, 3.63) is 0 Å². The molecule has 0 aromatic carbocycles. The number of unbranched alkanes of at least 4 members (excludes halogenated alkanes) is 11. The van der Waals surface area contributed by atoms with Crippen LogP contribution < -0.4 is 5.32 Å². The largest absolute Gasteiger partial charge is 0.428 e. The smallest absolute Gasteiger partial charge is 0.410 e. The Labute approximate surface area is 298 Å². The Morgan fingerprint density at radius 1 is 0.860 bits per heavy atom. The number of methoxy groups -OCH3 is 1. The third-order valence-electron chi connectivity index (χ3n) is 8.80. The number of nitrogens with one attached hydrogen (secondary N) is 1. The van der Waals surface area contributed by atoms with E-state index < -0.39 is 68.3 Å². The van der Waals surface area contributed by atoms with E-state index in [4.69, 9.17) is 28.5 Å². The molecule has 1 rings (SSSR count). The molecule has 0 radical (unpaired) electrons. The second kappa shape index (κ2) is 28.5. The van der Waals surface area contributed by atoms with E-state index in [0.717, 1.165) is 19.3 Å². The lowest BCUT2D eigenvalue weighted by Crippen LogP contribution is -2.60. The number of esters is 1. The molecule has 8 atom stereocenters. The summed E-state index contributed by atoms with van der Waals surface area (Å²) < 4.78 is 25.9. The zero-order chi connectivity index (χ0) is 37.1. The highest BCUT2D eigenvalue weighted by molar-refractivity contribution is 5.85. The summed E-state index contributed by atoms with van der Waals surface area (Å²) in [6, 6.07) is -1.05. The van der Waals surface area contributed by atoms with Gasteiger partial charge >= 0.3 is 12.1 Å². The highest BCUT2D eigenvalue weighted by atomic mass is 16.7. The fourth-order valence-electron chi connectivity index (χ4n) is 5.52. The number of aliphatic hydroxyl groups excluding tert-OH is 5. The van der Waals surface area contributed by atoms with Gasteiger partial charge in [-0.2, -0.15) is 0 Å². The summed E-state index contributed by atoms with van der Waals surface area (Å²) in [4.78, 5) is 29.8. The van der Waals surface area contributed by atoms with Crippen LogP contribution in [0.3, 0.4) is 0 Å². The molecule has 0 saturated carbocycles. The van der Waals surface area contributed by atoms with Crippen molar-refractivity contribution >= 4 is 17.8 Å². The van der Waals surface area contributed by atoms with Crippen molar-refractivity contribution in [2.24, 2.45) is 11.1 Å². The third-order valence-corrected chi connectivity index (χ3v) is 8.80. The number of nitrogens with zero attached hydrogens (tertiary/aromatic N) is 1. The van der Waals surface area contributed by atoms with Gasteiger partial charge in [-0.15, -0.1) is 0 Å². The molecular weight excluding hydrogens is 656 g/mol. The minimum atomic E-state index is -1.65. The number of hydrogen-bond acceptors (Lipinski definition) is 14. The lowest BCUT2D eigenvalue weighted by molar-refractivity contribution is -0.303. The van der Waals surface area contributed by atoms with E-state index in [1.807, 2.05) is 6.92 Å². The Kier molecular flexibility index (Phi) is 26.1. The van der Waals surface area contributed by atoms with Crippen molar-refractivity contribution in [1.29, 1.82) is 0 Å². The second-order valence-corrected chi connectivity index (χ2v) is 13.1. The number of oxime groups is 1. The topological polar surface area (TPSA) is 215 Å². The maximum atomic E-state index is 12.7. The van der Waals surface area contributed by atoms with Gasteiger partial charge in [-0.25, -0.2) is 4.79 Å². The predicted octanol–water partition coefficient (Wildman–Crippen LogP) is 3.31. The lowest BCUT2D eigenvalue weighted by atomic mass is 9.92. The first-order valence-corrected chi connectivity index (χ1v) is 18.4. The molecule has 50 heavy (non-hydrogen) atoms. The van der Waals surface area contributed by atoms with Crippen molar-refractivity contribution in [2.75, 3.05) is 40.3 Å². The van der Waals surface area contributed by atoms with Crippen molar-refractivity contribution in [3.8, 4) is 0 Å². The van der Waals surface area contributed by atoms with Gasteiger partial charge < -0.3 is 59.4 Å². The number of carbonyl (C=O) groups is 2. The molecule has 0 aliphatic carbocycles. The van der Waals surface area contributed by atoms with Crippen LogP contribution in [0.2, 0.25) is 0 Å².